The second-order valence-electron chi connectivity index (χ2n) is 8.88. The van der Waals surface area contributed by atoms with Crippen molar-refractivity contribution in [1.29, 1.82) is 0 Å². The standard InChI is InChI=1S/C21H27N5O2/c1-12(2)16-8-17(24-23-16)20(27)26-10-14-9-21(14,11-26)19-18(13(3)28-25-19)15-6-4-5-7-22-15/h4-7,12,14,16-17,23-24H,8-11H2,1-3H3. The van der Waals surface area contributed by atoms with E-state index in [1.165, 1.54) is 0 Å². The van der Waals surface area contributed by atoms with Crippen LogP contribution in [0.3, 0.4) is 0 Å². The second kappa shape index (κ2) is 6.39. The van der Waals surface area contributed by atoms with Crippen LogP contribution in [-0.2, 0) is 10.2 Å². The molecule has 0 radical (unpaired) electrons. The second-order valence-corrected chi connectivity index (χ2v) is 8.88. The molecule has 2 aromatic rings. The maximum Gasteiger partial charge on any atom is 0.241 e. The number of pyridine rings is 1. The zero-order valence-corrected chi connectivity index (χ0v) is 16.6. The number of piperidine rings is 1. The van der Waals surface area contributed by atoms with E-state index in [9.17, 15) is 4.79 Å². The number of hydrogen-bond acceptors (Lipinski definition) is 6. The van der Waals surface area contributed by atoms with Crippen molar-refractivity contribution >= 4 is 5.91 Å². The molecule has 1 aliphatic carbocycles. The van der Waals surface area contributed by atoms with Gasteiger partial charge in [0.2, 0.25) is 5.91 Å². The van der Waals surface area contributed by atoms with Crippen molar-refractivity contribution in [2.75, 3.05) is 13.1 Å². The molecule has 3 fully saturated rings. The molecule has 148 valence electrons. The van der Waals surface area contributed by atoms with Crippen LogP contribution in [-0.4, -0.2) is 46.1 Å². The first-order valence-electron chi connectivity index (χ1n) is 10.2. The van der Waals surface area contributed by atoms with Crippen molar-refractivity contribution in [3.63, 3.8) is 0 Å². The van der Waals surface area contributed by atoms with Crippen LogP contribution in [0.1, 0.15) is 38.1 Å². The summed E-state index contributed by atoms with van der Waals surface area (Å²) in [6, 6.07) is 6.09. The third-order valence-corrected chi connectivity index (χ3v) is 6.75. The van der Waals surface area contributed by atoms with Crippen LogP contribution in [0.25, 0.3) is 11.3 Å². The fourth-order valence-electron chi connectivity index (χ4n) is 4.94. The fraction of sp³-hybridized carbons (Fsp3) is 0.571. The summed E-state index contributed by atoms with van der Waals surface area (Å²) in [5, 5.41) is 4.43. The molecular weight excluding hydrogens is 354 g/mol. The number of carbonyl (C=O) groups is 1. The van der Waals surface area contributed by atoms with Crippen molar-refractivity contribution in [2.45, 2.75) is 51.1 Å². The van der Waals surface area contributed by atoms with Gasteiger partial charge in [-0.05, 0) is 43.7 Å². The van der Waals surface area contributed by atoms with E-state index in [2.05, 4.69) is 34.8 Å². The lowest BCUT2D eigenvalue weighted by Gasteiger charge is -2.23. The van der Waals surface area contributed by atoms with Gasteiger partial charge in [0.25, 0.3) is 0 Å². The molecule has 4 atom stereocenters. The topological polar surface area (TPSA) is 83.3 Å². The lowest BCUT2D eigenvalue weighted by Crippen LogP contribution is -2.46. The largest absolute Gasteiger partial charge is 0.361 e. The minimum atomic E-state index is -0.142. The van der Waals surface area contributed by atoms with Crippen molar-refractivity contribution in [1.82, 2.24) is 25.9 Å². The highest BCUT2D eigenvalue weighted by molar-refractivity contribution is 5.83. The van der Waals surface area contributed by atoms with Gasteiger partial charge in [0, 0.05) is 30.7 Å². The van der Waals surface area contributed by atoms with Gasteiger partial charge in [-0.25, -0.2) is 5.43 Å². The van der Waals surface area contributed by atoms with Gasteiger partial charge >= 0.3 is 0 Å². The normalized spacial score (nSPS) is 31.4. The summed E-state index contributed by atoms with van der Waals surface area (Å²) in [5.41, 5.74) is 9.26. The Morgan fingerprint density at radius 1 is 1.36 bits per heavy atom. The van der Waals surface area contributed by atoms with Gasteiger partial charge in [-0.1, -0.05) is 25.1 Å². The Labute approximate surface area is 164 Å². The maximum atomic E-state index is 13.1. The molecule has 7 heteroatoms. The average Bonchev–Trinajstić information content (AvgIpc) is 3.11. The van der Waals surface area contributed by atoms with Crippen LogP contribution in [0.2, 0.25) is 0 Å². The third-order valence-electron chi connectivity index (χ3n) is 6.75. The summed E-state index contributed by atoms with van der Waals surface area (Å²) < 4.78 is 5.57. The predicted molar refractivity (Wildman–Crippen MR) is 104 cm³/mol. The van der Waals surface area contributed by atoms with Gasteiger partial charge < -0.3 is 9.42 Å². The molecular formula is C21H27N5O2. The molecule has 7 nitrogen and oxygen atoms in total. The van der Waals surface area contributed by atoms with E-state index in [-0.39, 0.29) is 17.4 Å². The number of likely N-dealkylation sites (tertiary alicyclic amines) is 1. The maximum absolute atomic E-state index is 13.1. The average molecular weight is 381 g/mol. The zero-order valence-electron chi connectivity index (χ0n) is 16.6. The van der Waals surface area contributed by atoms with Gasteiger partial charge in [0.15, 0.2) is 0 Å². The van der Waals surface area contributed by atoms with Gasteiger partial charge in [0.1, 0.15) is 17.5 Å². The molecule has 2 aliphatic heterocycles. The van der Waals surface area contributed by atoms with Crippen LogP contribution >= 0.6 is 0 Å². The van der Waals surface area contributed by atoms with E-state index in [0.717, 1.165) is 42.1 Å². The summed E-state index contributed by atoms with van der Waals surface area (Å²) in [5.74, 6) is 1.95. The molecule has 1 amide bonds. The smallest absolute Gasteiger partial charge is 0.241 e. The number of amides is 1. The van der Waals surface area contributed by atoms with E-state index in [0.29, 0.717) is 24.4 Å². The highest BCUT2D eigenvalue weighted by Gasteiger charge is 2.64. The lowest BCUT2D eigenvalue weighted by atomic mass is 9.94. The number of aromatic nitrogens is 2. The van der Waals surface area contributed by atoms with Gasteiger partial charge in [-0.2, -0.15) is 0 Å². The molecule has 28 heavy (non-hydrogen) atoms. The van der Waals surface area contributed by atoms with E-state index in [1.54, 1.807) is 6.20 Å². The number of aryl methyl sites for hydroxylation is 1. The van der Waals surface area contributed by atoms with Gasteiger partial charge in [-0.3, -0.25) is 15.2 Å². The molecule has 4 unspecified atom stereocenters. The fourth-order valence-corrected chi connectivity index (χ4v) is 4.94. The number of nitrogens with zero attached hydrogens (tertiary/aromatic N) is 3. The molecule has 3 aliphatic rings. The van der Waals surface area contributed by atoms with E-state index in [1.807, 2.05) is 30.0 Å². The third kappa shape index (κ3) is 2.68. The predicted octanol–water partition coefficient (Wildman–Crippen LogP) is 2.04. The van der Waals surface area contributed by atoms with E-state index < -0.39 is 0 Å². The van der Waals surface area contributed by atoms with Crippen LogP contribution < -0.4 is 10.9 Å². The SMILES string of the molecule is Cc1onc(C23CC2CN(C(=O)C2CC(C(C)C)NN2)C3)c1-c1ccccn1. The zero-order chi connectivity index (χ0) is 19.5. The Kier molecular flexibility index (Phi) is 4.07. The van der Waals surface area contributed by atoms with Crippen LogP contribution in [0, 0.1) is 18.8 Å². The molecule has 0 spiro atoms. The number of rotatable bonds is 4. The summed E-state index contributed by atoms with van der Waals surface area (Å²) in [6.07, 6.45) is 3.70. The van der Waals surface area contributed by atoms with Gasteiger partial charge in [0.05, 0.1) is 11.3 Å². The van der Waals surface area contributed by atoms with Crippen LogP contribution in [0.4, 0.5) is 0 Å². The van der Waals surface area contributed by atoms with Crippen LogP contribution in [0.5, 0.6) is 0 Å². The highest BCUT2D eigenvalue weighted by Crippen LogP contribution is 2.60. The Morgan fingerprint density at radius 3 is 2.93 bits per heavy atom. The number of hydrazine groups is 1. The Hall–Kier alpha value is -2.25. The number of fused-ring (bicyclic) bond motifs is 1. The Balaban J connectivity index is 1.37. The quantitative estimate of drug-likeness (QED) is 0.843. The van der Waals surface area contributed by atoms with E-state index >= 15 is 0 Å². The molecule has 1 saturated carbocycles. The molecule has 0 aromatic carbocycles. The molecule has 4 heterocycles. The minimum absolute atomic E-state index is 0.0796. The Bertz CT molecular complexity index is 895. The number of hydrogen-bond donors (Lipinski definition) is 2. The van der Waals surface area contributed by atoms with E-state index in [4.69, 9.17) is 4.52 Å². The monoisotopic (exact) mass is 381 g/mol. The summed E-state index contributed by atoms with van der Waals surface area (Å²) in [4.78, 5) is 19.6. The first-order valence-corrected chi connectivity index (χ1v) is 10.2. The summed E-state index contributed by atoms with van der Waals surface area (Å²) >= 11 is 0. The van der Waals surface area contributed by atoms with Crippen LogP contribution in [0.15, 0.2) is 28.9 Å². The Morgan fingerprint density at radius 2 is 2.21 bits per heavy atom. The number of nitrogens with one attached hydrogen (secondary N) is 2. The lowest BCUT2D eigenvalue weighted by molar-refractivity contribution is -0.132. The van der Waals surface area contributed by atoms with Crippen molar-refractivity contribution in [3.8, 4) is 11.3 Å². The summed E-state index contributed by atoms with van der Waals surface area (Å²) in [7, 11) is 0. The van der Waals surface area contributed by atoms with Crippen molar-refractivity contribution in [3.05, 3.63) is 35.9 Å². The summed E-state index contributed by atoms with van der Waals surface area (Å²) in [6.45, 7) is 7.81. The molecule has 0 bridgehead atoms. The number of carbonyl (C=O) groups excluding carboxylic acids is 1. The molecule has 5 rings (SSSR count). The molecule has 2 N–H and O–H groups in total. The van der Waals surface area contributed by atoms with Crippen molar-refractivity contribution in [2.24, 2.45) is 11.8 Å². The highest BCUT2D eigenvalue weighted by atomic mass is 16.5. The minimum Gasteiger partial charge on any atom is -0.361 e. The van der Waals surface area contributed by atoms with Gasteiger partial charge in [-0.15, -0.1) is 0 Å². The molecule has 2 aromatic heterocycles. The molecule has 2 saturated heterocycles. The van der Waals surface area contributed by atoms with Crippen molar-refractivity contribution < 1.29 is 9.32 Å². The first kappa shape index (κ1) is 17.8. The first-order chi connectivity index (χ1) is 13.5.